The van der Waals surface area contributed by atoms with Crippen molar-refractivity contribution in [2.75, 3.05) is 26.0 Å². The molecule has 3 rings (SSSR count). The summed E-state index contributed by atoms with van der Waals surface area (Å²) >= 11 is 0. The number of nitrogens with two attached hydrogens (primary N) is 1. The number of rotatable bonds is 6. The minimum atomic E-state index is -0.199. The molecule has 1 aliphatic rings. The minimum absolute atomic E-state index is 0.0197. The largest absolute Gasteiger partial charge is 0.368 e. The molecule has 0 bridgehead atoms. The first-order valence-corrected chi connectivity index (χ1v) is 10.4. The number of guanidine groups is 1. The smallest absolute Gasteiger partial charge is 0.291 e. The third kappa shape index (κ3) is 4.96. The number of amides is 1. The summed E-state index contributed by atoms with van der Waals surface area (Å²) < 4.78 is 0. The van der Waals surface area contributed by atoms with Crippen molar-refractivity contribution in [3.8, 4) is 0 Å². The molecule has 1 aromatic heterocycles. The first-order chi connectivity index (χ1) is 14.4. The fraction of sp³-hybridized carbons (Fsp3) is 0.524. The molecule has 2 atom stereocenters. The zero-order valence-electron chi connectivity index (χ0n) is 18.1. The molecule has 0 saturated heterocycles. The van der Waals surface area contributed by atoms with E-state index in [0.717, 1.165) is 42.1 Å². The SMILES string of the molecule is CCN(C)C(=O)c1nc(N[C@H]2CCCC[C@H]2N=C(N)NOC)c2cc(C)ccc2n1. The highest BCUT2D eigenvalue weighted by Crippen LogP contribution is 2.28. The first-order valence-electron chi connectivity index (χ1n) is 10.4. The summed E-state index contributed by atoms with van der Waals surface area (Å²) in [4.78, 5) is 32.9. The summed E-state index contributed by atoms with van der Waals surface area (Å²) in [6.45, 7) is 4.53. The number of carbonyl (C=O) groups excluding carboxylic acids is 1. The number of anilines is 1. The van der Waals surface area contributed by atoms with Gasteiger partial charge in [-0.1, -0.05) is 24.5 Å². The second kappa shape index (κ2) is 9.71. The average molecular weight is 414 g/mol. The summed E-state index contributed by atoms with van der Waals surface area (Å²) in [5, 5.41) is 4.44. The van der Waals surface area contributed by atoms with Crippen LogP contribution in [0.25, 0.3) is 10.9 Å². The van der Waals surface area contributed by atoms with Gasteiger partial charge < -0.3 is 16.0 Å². The Morgan fingerprint density at radius 3 is 2.83 bits per heavy atom. The third-order valence-corrected chi connectivity index (χ3v) is 5.43. The van der Waals surface area contributed by atoms with E-state index in [4.69, 9.17) is 10.6 Å². The third-order valence-electron chi connectivity index (χ3n) is 5.43. The summed E-state index contributed by atoms with van der Waals surface area (Å²) in [5.41, 5.74) is 10.3. The van der Waals surface area contributed by atoms with Gasteiger partial charge in [0.1, 0.15) is 5.82 Å². The van der Waals surface area contributed by atoms with Crippen LogP contribution in [0.1, 0.15) is 48.8 Å². The van der Waals surface area contributed by atoms with Crippen molar-refractivity contribution >= 4 is 28.6 Å². The van der Waals surface area contributed by atoms with Crippen molar-refractivity contribution in [3.05, 3.63) is 29.6 Å². The number of carbonyl (C=O) groups is 1. The molecule has 1 heterocycles. The predicted octanol–water partition coefficient (Wildman–Crippen LogP) is 2.22. The number of benzene rings is 1. The van der Waals surface area contributed by atoms with Crippen LogP contribution in [-0.2, 0) is 4.84 Å². The molecule has 4 N–H and O–H groups in total. The van der Waals surface area contributed by atoms with Crippen molar-refractivity contribution in [3.63, 3.8) is 0 Å². The Morgan fingerprint density at radius 2 is 2.10 bits per heavy atom. The second-order valence-electron chi connectivity index (χ2n) is 7.66. The van der Waals surface area contributed by atoms with Crippen LogP contribution in [0, 0.1) is 6.92 Å². The van der Waals surface area contributed by atoms with Gasteiger partial charge >= 0.3 is 0 Å². The molecular weight excluding hydrogens is 382 g/mol. The van der Waals surface area contributed by atoms with E-state index in [1.54, 1.807) is 11.9 Å². The molecule has 0 spiro atoms. The van der Waals surface area contributed by atoms with Crippen LogP contribution in [0.3, 0.4) is 0 Å². The number of aryl methyl sites for hydroxylation is 1. The Bertz CT molecular complexity index is 931. The van der Waals surface area contributed by atoms with E-state index in [-0.39, 0.29) is 29.8 Å². The van der Waals surface area contributed by atoms with Gasteiger partial charge in [-0.3, -0.25) is 9.63 Å². The van der Waals surface area contributed by atoms with E-state index < -0.39 is 0 Å². The van der Waals surface area contributed by atoms with E-state index in [9.17, 15) is 4.79 Å². The van der Waals surface area contributed by atoms with Gasteiger partial charge in [-0.25, -0.2) is 20.4 Å². The lowest BCUT2D eigenvalue weighted by Gasteiger charge is -2.30. The summed E-state index contributed by atoms with van der Waals surface area (Å²) in [5.74, 6) is 0.895. The summed E-state index contributed by atoms with van der Waals surface area (Å²) in [6.07, 6.45) is 4.02. The quantitative estimate of drug-likeness (QED) is 0.377. The molecule has 1 aromatic carbocycles. The minimum Gasteiger partial charge on any atom is -0.368 e. The topological polar surface area (TPSA) is 118 Å². The van der Waals surface area contributed by atoms with Gasteiger partial charge in [-0.05, 0) is 38.8 Å². The lowest BCUT2D eigenvalue weighted by molar-refractivity contribution is 0.0791. The number of hydrogen-bond acceptors (Lipinski definition) is 6. The van der Waals surface area contributed by atoms with Crippen LogP contribution in [0.15, 0.2) is 23.2 Å². The van der Waals surface area contributed by atoms with Gasteiger partial charge in [0.2, 0.25) is 11.8 Å². The maximum absolute atomic E-state index is 12.7. The molecule has 2 aromatic rings. The molecule has 1 fully saturated rings. The lowest BCUT2D eigenvalue weighted by atomic mass is 9.90. The number of hydroxylamine groups is 1. The summed E-state index contributed by atoms with van der Waals surface area (Å²) in [7, 11) is 3.25. The van der Waals surface area contributed by atoms with E-state index in [2.05, 4.69) is 25.8 Å². The Morgan fingerprint density at radius 1 is 1.33 bits per heavy atom. The van der Waals surface area contributed by atoms with Gasteiger partial charge in [0, 0.05) is 19.0 Å². The first kappa shape index (κ1) is 21.8. The number of aliphatic imine (C=N–C) groups is 1. The Labute approximate surface area is 177 Å². The van der Waals surface area contributed by atoms with Crippen molar-refractivity contribution in [1.82, 2.24) is 20.3 Å². The maximum atomic E-state index is 12.7. The normalized spacial score (nSPS) is 19.5. The molecular formula is C21H31N7O2. The standard InChI is InChI=1S/C21H31N7O2/c1-5-28(3)20(29)19-23-15-11-10-13(2)12-14(15)18(26-19)24-16-8-6-7-9-17(16)25-21(22)27-30-4/h10-12,16-17H,5-9H2,1-4H3,(H3,22,25,27)(H,23,24,26)/t16-,17+/m0/s1. The molecule has 0 radical (unpaired) electrons. The lowest BCUT2D eigenvalue weighted by Crippen LogP contribution is -2.40. The van der Waals surface area contributed by atoms with E-state index in [0.29, 0.717) is 12.4 Å². The Kier molecular flexibility index (Phi) is 7.04. The molecule has 0 aliphatic heterocycles. The Hall–Kier alpha value is -2.94. The second-order valence-corrected chi connectivity index (χ2v) is 7.66. The average Bonchev–Trinajstić information content (AvgIpc) is 2.74. The monoisotopic (exact) mass is 413 g/mol. The number of hydrogen-bond donors (Lipinski definition) is 3. The fourth-order valence-corrected chi connectivity index (χ4v) is 3.68. The molecule has 1 aliphatic carbocycles. The van der Waals surface area contributed by atoms with Crippen LogP contribution in [-0.4, -0.2) is 59.5 Å². The van der Waals surface area contributed by atoms with Crippen LogP contribution in [0.4, 0.5) is 5.82 Å². The van der Waals surface area contributed by atoms with Crippen LogP contribution in [0.2, 0.25) is 0 Å². The van der Waals surface area contributed by atoms with Crippen LogP contribution in [0.5, 0.6) is 0 Å². The molecule has 1 amide bonds. The Balaban J connectivity index is 1.99. The molecule has 162 valence electrons. The number of nitrogens with zero attached hydrogens (tertiary/aromatic N) is 4. The van der Waals surface area contributed by atoms with Gasteiger partial charge in [0.05, 0.1) is 24.7 Å². The molecule has 0 unspecified atom stereocenters. The molecule has 9 heteroatoms. The molecule has 1 saturated carbocycles. The zero-order chi connectivity index (χ0) is 21.7. The van der Waals surface area contributed by atoms with Crippen LogP contribution < -0.4 is 16.5 Å². The highest BCUT2D eigenvalue weighted by atomic mass is 16.6. The van der Waals surface area contributed by atoms with E-state index in [1.165, 1.54) is 7.11 Å². The van der Waals surface area contributed by atoms with Crippen molar-refractivity contribution in [1.29, 1.82) is 0 Å². The highest BCUT2D eigenvalue weighted by molar-refractivity contribution is 5.96. The maximum Gasteiger partial charge on any atom is 0.291 e. The van der Waals surface area contributed by atoms with Crippen molar-refractivity contribution in [2.45, 2.75) is 51.6 Å². The number of aromatic nitrogens is 2. The van der Waals surface area contributed by atoms with Crippen molar-refractivity contribution < 1.29 is 9.63 Å². The summed E-state index contributed by atoms with van der Waals surface area (Å²) in [6, 6.07) is 5.98. The van der Waals surface area contributed by atoms with Crippen LogP contribution >= 0.6 is 0 Å². The van der Waals surface area contributed by atoms with Gasteiger partial charge in [0.15, 0.2) is 0 Å². The zero-order valence-corrected chi connectivity index (χ0v) is 18.1. The fourth-order valence-electron chi connectivity index (χ4n) is 3.68. The van der Waals surface area contributed by atoms with Gasteiger partial charge in [-0.15, -0.1) is 0 Å². The highest BCUT2D eigenvalue weighted by Gasteiger charge is 2.27. The van der Waals surface area contributed by atoms with E-state index in [1.807, 2.05) is 32.0 Å². The number of nitrogens with one attached hydrogen (secondary N) is 2. The van der Waals surface area contributed by atoms with E-state index >= 15 is 0 Å². The van der Waals surface area contributed by atoms with Crippen molar-refractivity contribution in [2.24, 2.45) is 10.7 Å². The number of fused-ring (bicyclic) bond motifs is 1. The van der Waals surface area contributed by atoms with Gasteiger partial charge in [0.25, 0.3) is 5.91 Å². The predicted molar refractivity (Wildman–Crippen MR) is 118 cm³/mol. The van der Waals surface area contributed by atoms with Gasteiger partial charge in [-0.2, -0.15) is 0 Å². The molecule has 30 heavy (non-hydrogen) atoms. The molecule has 9 nitrogen and oxygen atoms in total.